The zero-order chi connectivity index (χ0) is 24.6. The summed E-state index contributed by atoms with van der Waals surface area (Å²) in [5, 5.41) is 16.5. The first-order chi connectivity index (χ1) is 16.7. The molecule has 0 aliphatic heterocycles. The normalized spacial score (nSPS) is 45.1. The minimum absolute atomic E-state index is 0.107. The van der Waals surface area contributed by atoms with Crippen LogP contribution in [-0.2, 0) is 11.3 Å². The Morgan fingerprint density at radius 1 is 1.09 bits per heavy atom. The zero-order valence-electron chi connectivity index (χ0n) is 22.0. The fourth-order valence-electron chi connectivity index (χ4n) is 9.86. The van der Waals surface area contributed by atoms with Gasteiger partial charge in [0.15, 0.2) is 5.78 Å². The molecule has 0 saturated heterocycles. The van der Waals surface area contributed by atoms with Crippen LogP contribution < -0.4 is 0 Å². The maximum Gasteiger partial charge on any atom is 0.157 e. The van der Waals surface area contributed by atoms with Gasteiger partial charge in [0.05, 0.1) is 23.5 Å². The minimum Gasteiger partial charge on any atom is -0.390 e. The van der Waals surface area contributed by atoms with E-state index in [1.54, 1.807) is 6.20 Å². The van der Waals surface area contributed by atoms with Crippen molar-refractivity contribution in [3.8, 4) is 0 Å². The van der Waals surface area contributed by atoms with E-state index in [0.29, 0.717) is 29.6 Å². The number of ketones is 1. The van der Waals surface area contributed by atoms with Crippen molar-refractivity contribution in [2.75, 3.05) is 0 Å². The maximum atomic E-state index is 13.8. The van der Waals surface area contributed by atoms with E-state index < -0.39 is 5.60 Å². The number of carbonyl (C=O) groups is 1. The quantitative estimate of drug-likeness (QED) is 0.582. The molecule has 4 aliphatic rings. The number of nitrogens with zero attached hydrogens (tertiary/aromatic N) is 3. The third-order valence-electron chi connectivity index (χ3n) is 11.8. The maximum absolute atomic E-state index is 13.8. The van der Waals surface area contributed by atoms with Gasteiger partial charge in [-0.05, 0) is 105 Å². The van der Waals surface area contributed by atoms with Crippen molar-refractivity contribution in [3.05, 3.63) is 24.7 Å². The highest BCUT2D eigenvalue weighted by molar-refractivity contribution is 5.84. The van der Waals surface area contributed by atoms with Gasteiger partial charge in [-0.2, -0.15) is 5.10 Å². The summed E-state index contributed by atoms with van der Waals surface area (Å²) in [6, 6.07) is 1.96. The van der Waals surface area contributed by atoms with Crippen LogP contribution in [0.3, 0.4) is 0 Å². The number of rotatable bonds is 4. The molecule has 35 heavy (non-hydrogen) atoms. The van der Waals surface area contributed by atoms with Gasteiger partial charge in [0.2, 0.25) is 0 Å². The number of hydrogen-bond acceptors (Lipinski definition) is 4. The van der Waals surface area contributed by atoms with Crippen molar-refractivity contribution in [3.63, 3.8) is 0 Å². The van der Waals surface area contributed by atoms with Gasteiger partial charge >= 0.3 is 0 Å². The van der Waals surface area contributed by atoms with E-state index >= 15 is 0 Å². The zero-order valence-corrected chi connectivity index (χ0v) is 22.0. The number of Topliss-reactive ketones (excluding diaryl/α,β-unsaturated/α-hetero) is 1. The largest absolute Gasteiger partial charge is 0.390 e. The van der Waals surface area contributed by atoms with Gasteiger partial charge in [0, 0.05) is 17.5 Å². The van der Waals surface area contributed by atoms with Gasteiger partial charge in [0.1, 0.15) is 6.54 Å². The van der Waals surface area contributed by atoms with E-state index in [2.05, 4.69) is 37.8 Å². The summed E-state index contributed by atoms with van der Waals surface area (Å²) in [4.78, 5) is 18.0. The molecule has 0 amide bonds. The molecule has 5 heteroatoms. The molecular formula is C30H43N3O2. The highest BCUT2D eigenvalue weighted by atomic mass is 16.3. The van der Waals surface area contributed by atoms with Crippen molar-refractivity contribution < 1.29 is 9.90 Å². The Balaban J connectivity index is 1.26. The summed E-state index contributed by atoms with van der Waals surface area (Å²) in [6.45, 7) is 9.82. The Morgan fingerprint density at radius 3 is 2.69 bits per heavy atom. The summed E-state index contributed by atoms with van der Waals surface area (Å²) >= 11 is 0. The molecule has 2 aromatic heterocycles. The van der Waals surface area contributed by atoms with E-state index in [4.69, 9.17) is 0 Å². The molecule has 4 aliphatic carbocycles. The Labute approximate surface area is 210 Å². The van der Waals surface area contributed by atoms with Crippen molar-refractivity contribution in [2.45, 2.75) is 97.6 Å². The highest BCUT2D eigenvalue weighted by Gasteiger charge is 2.63. The molecule has 5 nitrogen and oxygen atoms in total. The number of pyridine rings is 1. The number of hydrogen-bond donors (Lipinski definition) is 1. The van der Waals surface area contributed by atoms with E-state index in [-0.39, 0.29) is 11.3 Å². The SMILES string of the molecule is CC[C@@H]1C[C@H]2C[C@](C)(O)CC[C@]2(C)[C@H]2CC[C@]3(C)[C@@H](C(=O)Cn4ncc5ccncc54)CC[C@H]3[C@H]12. The third kappa shape index (κ3) is 3.54. The molecule has 0 bridgehead atoms. The van der Waals surface area contributed by atoms with Crippen molar-refractivity contribution in [2.24, 2.45) is 46.3 Å². The van der Waals surface area contributed by atoms with Crippen molar-refractivity contribution >= 4 is 16.7 Å². The highest BCUT2D eigenvalue weighted by Crippen LogP contribution is 2.69. The van der Waals surface area contributed by atoms with Crippen molar-refractivity contribution in [1.29, 1.82) is 0 Å². The van der Waals surface area contributed by atoms with Gasteiger partial charge in [-0.25, -0.2) is 0 Å². The summed E-state index contributed by atoms with van der Waals surface area (Å²) in [7, 11) is 0. The predicted molar refractivity (Wildman–Crippen MR) is 138 cm³/mol. The van der Waals surface area contributed by atoms with Gasteiger partial charge in [-0.15, -0.1) is 0 Å². The third-order valence-corrected chi connectivity index (χ3v) is 11.8. The fraction of sp³-hybridized carbons (Fsp3) is 0.767. The van der Waals surface area contributed by atoms with Crippen LogP contribution in [-0.4, -0.2) is 31.3 Å². The van der Waals surface area contributed by atoms with Crippen LogP contribution in [0.1, 0.15) is 85.5 Å². The lowest BCUT2D eigenvalue weighted by Crippen LogP contribution is -2.58. The monoisotopic (exact) mass is 477 g/mol. The molecule has 9 atom stereocenters. The molecule has 0 aromatic carbocycles. The van der Waals surface area contributed by atoms with Crippen LogP contribution in [0.15, 0.2) is 24.7 Å². The lowest BCUT2D eigenvalue weighted by molar-refractivity contribution is -0.169. The molecular weight excluding hydrogens is 434 g/mol. The first kappa shape index (κ1) is 23.6. The molecule has 4 saturated carbocycles. The minimum atomic E-state index is -0.491. The standard InChI is InChI=1S/C30H43N3O2/c1-5-19-14-21-15-28(2,35)11-12-29(21,3)24-8-10-30(4)22(6-7-23(30)27(19)24)26(34)18-33-25-17-31-13-9-20(25)16-32-33/h9,13,16-17,19,21-24,27,35H,5-8,10-12,14-15,18H2,1-4H3/t19-,21+,22-,23+,24+,27+,28-,29+,30-/m1/s1. The van der Waals surface area contributed by atoms with Crippen LogP contribution in [0.4, 0.5) is 0 Å². The molecule has 6 rings (SSSR count). The smallest absolute Gasteiger partial charge is 0.157 e. The van der Waals surface area contributed by atoms with Gasteiger partial charge in [-0.3, -0.25) is 14.5 Å². The molecule has 0 spiro atoms. The second kappa shape index (κ2) is 8.13. The summed E-state index contributed by atoms with van der Waals surface area (Å²) in [6.07, 6.45) is 15.7. The predicted octanol–water partition coefficient (Wildman–Crippen LogP) is 6.05. The molecule has 2 heterocycles. The van der Waals surface area contributed by atoms with Crippen LogP contribution in [0.2, 0.25) is 0 Å². The second-order valence-electron chi connectivity index (χ2n) is 13.5. The summed E-state index contributed by atoms with van der Waals surface area (Å²) in [5.41, 5.74) is 0.920. The van der Waals surface area contributed by atoms with E-state index in [1.165, 1.54) is 32.1 Å². The molecule has 1 N–H and O–H groups in total. The summed E-state index contributed by atoms with van der Waals surface area (Å²) < 4.78 is 1.86. The molecule has 0 unspecified atom stereocenters. The topological polar surface area (TPSA) is 68.0 Å². The van der Waals surface area contributed by atoms with Crippen LogP contribution >= 0.6 is 0 Å². The van der Waals surface area contributed by atoms with Crippen LogP contribution in [0.25, 0.3) is 10.9 Å². The number of carbonyl (C=O) groups excluding carboxylic acids is 1. The number of fused-ring (bicyclic) bond motifs is 6. The summed E-state index contributed by atoms with van der Waals surface area (Å²) in [5.74, 6) is 4.00. The lowest BCUT2D eigenvalue weighted by Gasteiger charge is -2.64. The van der Waals surface area contributed by atoms with E-state index in [0.717, 1.165) is 54.3 Å². The van der Waals surface area contributed by atoms with Gasteiger partial charge in [0.25, 0.3) is 0 Å². The second-order valence-corrected chi connectivity index (χ2v) is 13.5. The van der Waals surface area contributed by atoms with Crippen molar-refractivity contribution in [1.82, 2.24) is 14.8 Å². The Hall–Kier alpha value is -1.75. The van der Waals surface area contributed by atoms with E-state index in [9.17, 15) is 9.90 Å². The molecule has 4 fully saturated rings. The molecule has 190 valence electrons. The average molecular weight is 478 g/mol. The average Bonchev–Trinajstić information content (AvgIpc) is 3.39. The van der Waals surface area contributed by atoms with E-state index in [1.807, 2.05) is 23.1 Å². The van der Waals surface area contributed by atoms with Gasteiger partial charge in [-0.1, -0.05) is 27.2 Å². The Morgan fingerprint density at radius 2 is 1.89 bits per heavy atom. The first-order valence-electron chi connectivity index (χ1n) is 14.2. The van der Waals surface area contributed by atoms with Crippen LogP contribution in [0, 0.1) is 46.3 Å². The molecule has 2 aromatic rings. The Bertz CT molecular complexity index is 1120. The van der Waals surface area contributed by atoms with Gasteiger partial charge < -0.3 is 5.11 Å². The lowest BCUT2D eigenvalue weighted by atomic mass is 9.41. The molecule has 0 radical (unpaired) electrons. The Kier molecular flexibility index (Phi) is 5.49. The first-order valence-corrected chi connectivity index (χ1v) is 14.2. The number of aliphatic hydroxyl groups is 1. The fourth-order valence-corrected chi connectivity index (χ4v) is 9.86. The van der Waals surface area contributed by atoms with Crippen LogP contribution in [0.5, 0.6) is 0 Å². The number of aromatic nitrogens is 3.